The second kappa shape index (κ2) is 7.31. The van der Waals surface area contributed by atoms with Gasteiger partial charge in [-0.15, -0.1) is 0 Å². The molecule has 1 aromatic heterocycles. The van der Waals surface area contributed by atoms with E-state index in [0.29, 0.717) is 5.69 Å². The van der Waals surface area contributed by atoms with Crippen molar-refractivity contribution in [3.63, 3.8) is 0 Å². The summed E-state index contributed by atoms with van der Waals surface area (Å²) in [6.45, 7) is 5.12. The Labute approximate surface area is 171 Å². The van der Waals surface area contributed by atoms with Gasteiger partial charge in [0.2, 0.25) is 5.91 Å². The lowest BCUT2D eigenvalue weighted by molar-refractivity contribution is -0.114. The second-order valence-electron chi connectivity index (χ2n) is 7.76. The van der Waals surface area contributed by atoms with E-state index >= 15 is 0 Å². The van der Waals surface area contributed by atoms with Crippen LogP contribution in [0.2, 0.25) is 0 Å². The van der Waals surface area contributed by atoms with Crippen LogP contribution in [0.15, 0.2) is 47.4 Å². The van der Waals surface area contributed by atoms with Crippen LogP contribution in [0, 0.1) is 6.92 Å². The van der Waals surface area contributed by atoms with E-state index in [2.05, 4.69) is 23.3 Å². The third kappa shape index (κ3) is 3.56. The van der Waals surface area contributed by atoms with Crippen molar-refractivity contribution < 1.29 is 13.2 Å². The van der Waals surface area contributed by atoms with Crippen molar-refractivity contribution in [1.82, 2.24) is 8.87 Å². The van der Waals surface area contributed by atoms with Crippen LogP contribution in [0.3, 0.4) is 0 Å². The van der Waals surface area contributed by atoms with Crippen molar-refractivity contribution >= 4 is 32.5 Å². The van der Waals surface area contributed by atoms with E-state index in [-0.39, 0.29) is 10.8 Å². The van der Waals surface area contributed by atoms with Gasteiger partial charge in [0.15, 0.2) is 0 Å². The molecule has 1 aliphatic heterocycles. The van der Waals surface area contributed by atoms with Gasteiger partial charge in [0, 0.05) is 30.2 Å². The fourth-order valence-corrected chi connectivity index (χ4v) is 5.68. The first kappa shape index (κ1) is 19.7. The number of hydrogen-bond acceptors (Lipinski definition) is 4. The molecule has 4 rings (SSSR count). The van der Waals surface area contributed by atoms with E-state index in [9.17, 15) is 13.2 Å². The van der Waals surface area contributed by atoms with Crippen LogP contribution in [0.25, 0.3) is 10.9 Å². The predicted octanol–water partition coefficient (Wildman–Crippen LogP) is 3.52. The van der Waals surface area contributed by atoms with E-state index in [1.54, 1.807) is 24.3 Å². The Kier molecular flexibility index (Phi) is 4.96. The van der Waals surface area contributed by atoms with Crippen LogP contribution in [-0.2, 0) is 27.8 Å². The molecule has 2 heterocycles. The molecule has 0 fully saturated rings. The van der Waals surface area contributed by atoms with Crippen molar-refractivity contribution in [2.45, 2.75) is 38.1 Å². The van der Waals surface area contributed by atoms with Gasteiger partial charge in [-0.25, -0.2) is 12.4 Å². The van der Waals surface area contributed by atoms with Crippen LogP contribution >= 0.6 is 0 Å². The summed E-state index contributed by atoms with van der Waals surface area (Å²) in [5, 5.41) is 3.68. The Balaban J connectivity index is 1.91. The molecule has 2 aromatic carbocycles. The maximum atomic E-state index is 13.7. The maximum absolute atomic E-state index is 13.7. The minimum atomic E-state index is -3.77. The molecule has 0 atom stereocenters. The highest BCUT2D eigenvalue weighted by molar-refractivity contribution is 7.90. The lowest BCUT2D eigenvalue weighted by Gasteiger charge is -2.13. The summed E-state index contributed by atoms with van der Waals surface area (Å²) in [7, 11) is -1.70. The Morgan fingerprint density at radius 3 is 2.52 bits per heavy atom. The summed E-state index contributed by atoms with van der Waals surface area (Å²) < 4.78 is 28.8. The fraction of sp³-hybridized carbons (Fsp3) is 0.318. The van der Waals surface area contributed by atoms with Gasteiger partial charge in [-0.3, -0.25) is 4.79 Å². The summed E-state index contributed by atoms with van der Waals surface area (Å²) in [5.41, 5.74) is 4.39. The number of aromatic nitrogens is 1. The van der Waals surface area contributed by atoms with E-state index < -0.39 is 10.0 Å². The van der Waals surface area contributed by atoms with Crippen molar-refractivity contribution in [1.29, 1.82) is 0 Å². The molecular weight excluding hydrogens is 386 g/mol. The fourth-order valence-electron chi connectivity index (χ4n) is 4.08. The van der Waals surface area contributed by atoms with Crippen LogP contribution in [-0.4, -0.2) is 36.8 Å². The number of rotatable bonds is 3. The molecule has 0 spiro atoms. The van der Waals surface area contributed by atoms with Crippen molar-refractivity contribution in [3.05, 3.63) is 59.3 Å². The largest absolute Gasteiger partial charge is 0.326 e. The van der Waals surface area contributed by atoms with Crippen molar-refractivity contribution in [2.24, 2.45) is 0 Å². The topological polar surface area (TPSA) is 71.4 Å². The van der Waals surface area contributed by atoms with E-state index in [1.807, 2.05) is 19.1 Å². The maximum Gasteiger partial charge on any atom is 0.268 e. The molecule has 29 heavy (non-hydrogen) atoms. The summed E-state index contributed by atoms with van der Waals surface area (Å²) >= 11 is 0. The predicted molar refractivity (Wildman–Crippen MR) is 115 cm³/mol. The molecule has 0 saturated carbocycles. The van der Waals surface area contributed by atoms with E-state index in [1.165, 1.54) is 10.9 Å². The zero-order valence-electron chi connectivity index (χ0n) is 16.9. The van der Waals surface area contributed by atoms with Gasteiger partial charge >= 0.3 is 0 Å². The monoisotopic (exact) mass is 411 g/mol. The molecule has 6 nitrogen and oxygen atoms in total. The highest BCUT2D eigenvalue weighted by Crippen LogP contribution is 2.34. The molecule has 1 N–H and O–H groups in total. The number of hydrogen-bond donors (Lipinski definition) is 1. The number of fused-ring (bicyclic) bond motifs is 3. The first-order valence-corrected chi connectivity index (χ1v) is 11.2. The number of benzene rings is 2. The van der Waals surface area contributed by atoms with Gasteiger partial charge in [-0.1, -0.05) is 11.6 Å². The molecule has 0 aliphatic carbocycles. The minimum Gasteiger partial charge on any atom is -0.326 e. The van der Waals surface area contributed by atoms with Gasteiger partial charge in [-0.2, -0.15) is 0 Å². The molecule has 1 aliphatic rings. The van der Waals surface area contributed by atoms with Gasteiger partial charge in [0.25, 0.3) is 10.0 Å². The molecule has 0 radical (unpaired) electrons. The Morgan fingerprint density at radius 2 is 1.83 bits per heavy atom. The van der Waals surface area contributed by atoms with Crippen LogP contribution < -0.4 is 5.32 Å². The van der Waals surface area contributed by atoms with Crippen LogP contribution in [0.5, 0.6) is 0 Å². The third-order valence-corrected chi connectivity index (χ3v) is 7.15. The number of amides is 1. The molecule has 0 unspecified atom stereocenters. The minimum absolute atomic E-state index is 0.193. The van der Waals surface area contributed by atoms with Crippen molar-refractivity contribution in [2.75, 3.05) is 18.9 Å². The highest BCUT2D eigenvalue weighted by atomic mass is 32.2. The zero-order chi connectivity index (χ0) is 20.8. The summed E-state index contributed by atoms with van der Waals surface area (Å²) in [6.07, 6.45) is 1.63. The molecule has 7 heteroatoms. The summed E-state index contributed by atoms with van der Waals surface area (Å²) in [5.74, 6) is -0.193. The Hall–Kier alpha value is -2.64. The Bertz CT molecular complexity index is 1190. The summed E-state index contributed by atoms with van der Waals surface area (Å²) in [4.78, 5) is 13.7. The smallest absolute Gasteiger partial charge is 0.268 e. The normalized spacial score (nSPS) is 15.1. The highest BCUT2D eigenvalue weighted by Gasteiger charge is 2.28. The molecular formula is C22H25N3O3S. The van der Waals surface area contributed by atoms with Crippen molar-refractivity contribution in [3.8, 4) is 0 Å². The number of nitrogens with zero attached hydrogens (tertiary/aromatic N) is 2. The zero-order valence-corrected chi connectivity index (χ0v) is 17.7. The first-order chi connectivity index (χ1) is 13.8. The standard InChI is InChI=1S/C22H25N3O3S/c1-15-6-11-22-19(13-15)20-14-24(3)12-4-5-21(20)25(22)29(27,28)18-9-7-17(8-10-18)23-16(2)26/h6-11,13H,4-5,12,14H2,1-3H3,(H,23,26). The van der Waals surface area contributed by atoms with Crippen LogP contribution in [0.4, 0.5) is 5.69 Å². The molecule has 0 saturated heterocycles. The number of anilines is 1. The third-order valence-electron chi connectivity index (χ3n) is 5.38. The number of nitrogens with one attached hydrogen (secondary N) is 1. The number of aryl methyl sites for hydroxylation is 1. The first-order valence-electron chi connectivity index (χ1n) is 9.72. The number of carbonyl (C=O) groups is 1. The molecule has 0 bridgehead atoms. The average Bonchev–Trinajstić information content (AvgIpc) is 2.82. The molecule has 152 valence electrons. The van der Waals surface area contributed by atoms with E-state index in [0.717, 1.165) is 53.7 Å². The van der Waals surface area contributed by atoms with Crippen LogP contribution in [0.1, 0.15) is 30.2 Å². The Morgan fingerprint density at radius 1 is 1.10 bits per heavy atom. The van der Waals surface area contributed by atoms with Gasteiger partial charge in [0.1, 0.15) is 0 Å². The summed E-state index contributed by atoms with van der Waals surface area (Å²) in [6, 6.07) is 12.3. The number of carbonyl (C=O) groups excluding carboxylic acids is 1. The average molecular weight is 412 g/mol. The second-order valence-corrected chi connectivity index (χ2v) is 9.55. The molecule has 3 aromatic rings. The van der Waals surface area contributed by atoms with Gasteiger partial charge in [-0.05, 0) is 75.3 Å². The molecule has 1 amide bonds. The SMILES string of the molecule is CC(=O)Nc1ccc(S(=O)(=O)n2c3c(c4cc(C)ccc42)CN(C)CCC3)cc1. The lowest BCUT2D eigenvalue weighted by atomic mass is 10.1. The van der Waals surface area contributed by atoms with Gasteiger partial charge in [0.05, 0.1) is 10.4 Å². The van der Waals surface area contributed by atoms with E-state index in [4.69, 9.17) is 0 Å². The lowest BCUT2D eigenvalue weighted by Crippen LogP contribution is -2.17. The van der Waals surface area contributed by atoms with Gasteiger partial charge < -0.3 is 10.2 Å². The quantitative estimate of drug-likeness (QED) is 0.716.